The van der Waals surface area contributed by atoms with Gasteiger partial charge < -0.3 is 11.1 Å². The van der Waals surface area contributed by atoms with Gasteiger partial charge in [0, 0.05) is 12.6 Å². The smallest absolute Gasteiger partial charge is 0.293 e. The third-order valence-corrected chi connectivity index (χ3v) is 3.44. The van der Waals surface area contributed by atoms with Crippen LogP contribution in [-0.2, 0) is 0 Å². The predicted molar refractivity (Wildman–Crippen MR) is 73.2 cm³/mol. The van der Waals surface area contributed by atoms with Crippen LogP contribution in [0.1, 0.15) is 11.4 Å². The molecule has 2 aromatic rings. The summed E-state index contributed by atoms with van der Waals surface area (Å²) in [5.74, 6) is 0. The summed E-state index contributed by atoms with van der Waals surface area (Å²) >= 11 is 1.46. The van der Waals surface area contributed by atoms with E-state index < -0.39 is 0 Å². The number of aryl methyl sites for hydroxylation is 1. The molecule has 0 radical (unpaired) electrons. The summed E-state index contributed by atoms with van der Waals surface area (Å²) in [4.78, 5) is 15.0. The number of nitrogens with one attached hydrogen (secondary N) is 1. The Morgan fingerprint density at radius 3 is 3.00 bits per heavy atom. The van der Waals surface area contributed by atoms with Gasteiger partial charge in [0.2, 0.25) is 0 Å². The lowest BCUT2D eigenvalue weighted by Gasteiger charge is -2.06. The molecule has 1 aromatic carbocycles. The Labute approximate surface area is 108 Å². The first kappa shape index (κ1) is 12.7. The number of aromatic nitrogens is 1. The highest BCUT2D eigenvalue weighted by molar-refractivity contribution is 7.18. The lowest BCUT2D eigenvalue weighted by atomic mass is 10.2. The fourth-order valence-corrected chi connectivity index (χ4v) is 2.54. The summed E-state index contributed by atoms with van der Waals surface area (Å²) in [6.45, 7) is 3.06. The van der Waals surface area contributed by atoms with Crippen molar-refractivity contribution >= 4 is 32.9 Å². The Bertz CT molecular complexity index is 582. The van der Waals surface area contributed by atoms with Crippen LogP contribution in [0, 0.1) is 17.0 Å². The second-order valence-electron chi connectivity index (χ2n) is 3.90. The minimum Gasteiger partial charge on any atom is -0.379 e. The number of nitro benzene ring substituents is 1. The van der Waals surface area contributed by atoms with Crippen molar-refractivity contribution in [2.75, 3.05) is 18.4 Å². The number of nitrogens with zero attached hydrogens (tertiary/aromatic N) is 2. The zero-order valence-corrected chi connectivity index (χ0v) is 10.8. The topological polar surface area (TPSA) is 94.1 Å². The number of rotatable bonds is 5. The van der Waals surface area contributed by atoms with Crippen molar-refractivity contribution in [2.45, 2.75) is 13.3 Å². The van der Waals surface area contributed by atoms with Crippen LogP contribution in [0.2, 0.25) is 0 Å². The fourth-order valence-electron chi connectivity index (χ4n) is 1.70. The second-order valence-corrected chi connectivity index (χ2v) is 5.13. The van der Waals surface area contributed by atoms with Gasteiger partial charge in [-0.2, -0.15) is 0 Å². The lowest BCUT2D eigenvalue weighted by Crippen LogP contribution is -2.09. The normalized spacial score (nSPS) is 10.8. The Morgan fingerprint density at radius 2 is 2.33 bits per heavy atom. The number of fused-ring (bicyclic) bond motifs is 1. The highest BCUT2D eigenvalue weighted by atomic mass is 32.1. The van der Waals surface area contributed by atoms with Crippen LogP contribution in [0.3, 0.4) is 0 Å². The molecule has 0 aliphatic heterocycles. The molecule has 3 N–H and O–H groups in total. The van der Waals surface area contributed by atoms with E-state index in [1.54, 1.807) is 12.1 Å². The van der Waals surface area contributed by atoms with E-state index in [9.17, 15) is 10.1 Å². The highest BCUT2D eigenvalue weighted by Crippen LogP contribution is 2.32. The number of benzene rings is 1. The molecule has 96 valence electrons. The molecule has 0 aliphatic carbocycles. The number of nitrogens with two attached hydrogens (primary N) is 1. The first-order valence-corrected chi connectivity index (χ1v) is 6.43. The van der Waals surface area contributed by atoms with Gasteiger partial charge in [-0.3, -0.25) is 10.1 Å². The molecule has 0 saturated heterocycles. The van der Waals surface area contributed by atoms with E-state index in [1.807, 2.05) is 6.92 Å². The molecular weight excluding hydrogens is 252 g/mol. The van der Waals surface area contributed by atoms with Crippen LogP contribution in [0.4, 0.5) is 11.4 Å². The van der Waals surface area contributed by atoms with Gasteiger partial charge in [0.05, 0.1) is 20.1 Å². The minimum atomic E-state index is -0.376. The van der Waals surface area contributed by atoms with E-state index in [4.69, 9.17) is 5.73 Å². The van der Waals surface area contributed by atoms with E-state index in [0.717, 1.165) is 21.6 Å². The molecule has 1 aromatic heterocycles. The maximum absolute atomic E-state index is 11.0. The number of anilines is 1. The highest BCUT2D eigenvalue weighted by Gasteiger charge is 2.16. The van der Waals surface area contributed by atoms with E-state index in [1.165, 1.54) is 11.3 Å². The van der Waals surface area contributed by atoms with Gasteiger partial charge in [0.1, 0.15) is 5.69 Å². The van der Waals surface area contributed by atoms with E-state index in [2.05, 4.69) is 10.3 Å². The summed E-state index contributed by atoms with van der Waals surface area (Å²) in [6.07, 6.45) is 0.769. The van der Waals surface area contributed by atoms with Gasteiger partial charge in [-0.05, 0) is 26.0 Å². The molecule has 0 atom stereocenters. The van der Waals surface area contributed by atoms with Crippen molar-refractivity contribution in [1.82, 2.24) is 4.98 Å². The Hall–Kier alpha value is -1.73. The van der Waals surface area contributed by atoms with E-state index in [-0.39, 0.29) is 10.6 Å². The molecule has 0 bridgehead atoms. The van der Waals surface area contributed by atoms with Crippen molar-refractivity contribution in [3.05, 3.63) is 27.3 Å². The standard InChI is InChI=1S/C11H14N4O2S/c1-7-14-9-5-8(13-4-2-3-12)10(15(16)17)6-11(9)18-7/h5-6,13H,2-4,12H2,1H3. The SMILES string of the molecule is Cc1nc2cc(NCCCN)c([N+](=O)[O-])cc2s1. The van der Waals surface area contributed by atoms with Crippen molar-refractivity contribution in [3.8, 4) is 0 Å². The molecule has 18 heavy (non-hydrogen) atoms. The van der Waals surface area contributed by atoms with Crippen LogP contribution >= 0.6 is 11.3 Å². The molecule has 0 spiro atoms. The Morgan fingerprint density at radius 1 is 1.56 bits per heavy atom. The predicted octanol–water partition coefficient (Wildman–Crippen LogP) is 2.27. The van der Waals surface area contributed by atoms with Crippen molar-refractivity contribution in [1.29, 1.82) is 0 Å². The van der Waals surface area contributed by atoms with Gasteiger partial charge in [-0.15, -0.1) is 11.3 Å². The molecule has 7 heteroatoms. The molecule has 0 aliphatic rings. The lowest BCUT2D eigenvalue weighted by molar-refractivity contribution is -0.383. The molecule has 0 unspecified atom stereocenters. The van der Waals surface area contributed by atoms with Crippen LogP contribution in [0.25, 0.3) is 10.2 Å². The minimum absolute atomic E-state index is 0.0863. The molecule has 2 rings (SSSR count). The van der Waals surface area contributed by atoms with Gasteiger partial charge in [-0.1, -0.05) is 0 Å². The first-order valence-electron chi connectivity index (χ1n) is 5.61. The summed E-state index contributed by atoms with van der Waals surface area (Å²) in [6, 6.07) is 3.30. The number of thiazole rings is 1. The van der Waals surface area contributed by atoms with E-state index >= 15 is 0 Å². The third-order valence-electron chi connectivity index (χ3n) is 2.51. The second kappa shape index (κ2) is 5.28. The maximum Gasteiger partial charge on any atom is 0.293 e. The zero-order chi connectivity index (χ0) is 13.1. The molecule has 6 nitrogen and oxygen atoms in total. The largest absolute Gasteiger partial charge is 0.379 e. The number of nitro groups is 1. The monoisotopic (exact) mass is 266 g/mol. The molecular formula is C11H14N4O2S. The first-order chi connectivity index (χ1) is 8.61. The van der Waals surface area contributed by atoms with Crippen LogP contribution < -0.4 is 11.1 Å². The maximum atomic E-state index is 11.0. The summed E-state index contributed by atoms with van der Waals surface area (Å²) in [7, 11) is 0. The van der Waals surface area contributed by atoms with Gasteiger partial charge >= 0.3 is 0 Å². The van der Waals surface area contributed by atoms with E-state index in [0.29, 0.717) is 18.8 Å². The molecule has 0 amide bonds. The quantitative estimate of drug-likeness (QED) is 0.492. The number of hydrogen-bond acceptors (Lipinski definition) is 6. The third kappa shape index (κ3) is 2.57. The van der Waals surface area contributed by atoms with Crippen molar-refractivity contribution in [3.63, 3.8) is 0 Å². The summed E-state index contributed by atoms with van der Waals surface area (Å²) < 4.78 is 0.837. The summed E-state index contributed by atoms with van der Waals surface area (Å²) in [5.41, 5.74) is 6.78. The Balaban J connectivity index is 2.40. The van der Waals surface area contributed by atoms with Crippen LogP contribution in [0.15, 0.2) is 12.1 Å². The summed E-state index contributed by atoms with van der Waals surface area (Å²) in [5, 5.41) is 15.0. The van der Waals surface area contributed by atoms with Gasteiger partial charge in [0.15, 0.2) is 0 Å². The van der Waals surface area contributed by atoms with Gasteiger partial charge in [0.25, 0.3) is 5.69 Å². The van der Waals surface area contributed by atoms with Crippen LogP contribution in [0.5, 0.6) is 0 Å². The average molecular weight is 266 g/mol. The zero-order valence-electron chi connectivity index (χ0n) is 9.97. The molecule has 0 saturated carbocycles. The number of hydrogen-bond donors (Lipinski definition) is 2. The average Bonchev–Trinajstić information content (AvgIpc) is 2.67. The van der Waals surface area contributed by atoms with Crippen molar-refractivity contribution in [2.24, 2.45) is 5.73 Å². The van der Waals surface area contributed by atoms with Gasteiger partial charge in [-0.25, -0.2) is 4.98 Å². The molecule has 0 fully saturated rings. The van der Waals surface area contributed by atoms with Crippen LogP contribution in [-0.4, -0.2) is 23.0 Å². The fraction of sp³-hybridized carbons (Fsp3) is 0.364. The Kier molecular flexibility index (Phi) is 3.73. The molecule has 1 heterocycles. The van der Waals surface area contributed by atoms with Crippen molar-refractivity contribution < 1.29 is 4.92 Å².